The maximum Gasteiger partial charge on any atom is 0.218 e. The van der Waals surface area contributed by atoms with E-state index in [0.717, 1.165) is 34.3 Å². The first-order valence-corrected chi connectivity index (χ1v) is 6.61. The van der Waals surface area contributed by atoms with Crippen LogP contribution in [0.2, 0.25) is 5.02 Å². The van der Waals surface area contributed by atoms with Gasteiger partial charge in [0.2, 0.25) is 5.69 Å². The van der Waals surface area contributed by atoms with Crippen molar-refractivity contribution in [1.29, 1.82) is 0 Å². The van der Waals surface area contributed by atoms with E-state index < -0.39 is 5.38 Å². The Morgan fingerprint density at radius 1 is 1.17 bits per heavy atom. The average molecular weight is 280 g/mol. The van der Waals surface area contributed by atoms with Crippen molar-refractivity contribution in [2.75, 3.05) is 0 Å². The number of hydrogen-bond acceptors (Lipinski definition) is 1. The van der Waals surface area contributed by atoms with Gasteiger partial charge >= 0.3 is 0 Å². The van der Waals surface area contributed by atoms with Crippen LogP contribution < -0.4 is 4.73 Å². The molecular weight excluding hydrogens is 269 g/mol. The second-order valence-corrected chi connectivity index (χ2v) is 5.32. The van der Waals surface area contributed by atoms with Gasteiger partial charge in [0, 0.05) is 16.7 Å². The highest BCUT2D eigenvalue weighted by molar-refractivity contribution is 6.30. The zero-order chi connectivity index (χ0) is 12.7. The number of hydrogen-bond donors (Lipinski definition) is 0. The van der Waals surface area contributed by atoms with Crippen LogP contribution >= 0.6 is 23.2 Å². The molecule has 1 atom stereocenters. The third-order valence-corrected chi connectivity index (χ3v) is 4.04. The van der Waals surface area contributed by atoms with Gasteiger partial charge in [-0.3, -0.25) is 0 Å². The fourth-order valence-corrected chi connectivity index (χ4v) is 3.13. The third-order valence-electron chi connectivity index (χ3n) is 3.37. The quantitative estimate of drug-likeness (QED) is 0.413. The molecule has 1 heterocycles. The second-order valence-electron chi connectivity index (χ2n) is 4.45. The predicted molar refractivity (Wildman–Crippen MR) is 72.0 cm³/mol. The largest absolute Gasteiger partial charge is 0.618 e. The van der Waals surface area contributed by atoms with Gasteiger partial charge in [-0.05, 0) is 42.2 Å². The first-order chi connectivity index (χ1) is 8.66. The van der Waals surface area contributed by atoms with E-state index >= 15 is 0 Å². The van der Waals surface area contributed by atoms with Crippen molar-refractivity contribution in [2.24, 2.45) is 0 Å². The van der Waals surface area contributed by atoms with E-state index in [9.17, 15) is 5.21 Å². The molecule has 18 heavy (non-hydrogen) atoms. The number of pyridine rings is 1. The monoisotopic (exact) mass is 279 g/mol. The van der Waals surface area contributed by atoms with Gasteiger partial charge in [-0.1, -0.05) is 17.7 Å². The Hall–Kier alpha value is -1.25. The summed E-state index contributed by atoms with van der Waals surface area (Å²) in [6, 6.07) is 9.40. The van der Waals surface area contributed by atoms with E-state index in [1.165, 1.54) is 6.20 Å². The number of benzene rings is 1. The average Bonchev–Trinajstić information content (AvgIpc) is 2.48. The lowest BCUT2D eigenvalue weighted by atomic mass is 10.0. The minimum atomic E-state index is -0.409. The van der Waals surface area contributed by atoms with Gasteiger partial charge in [-0.25, -0.2) is 0 Å². The molecule has 1 aliphatic carbocycles. The summed E-state index contributed by atoms with van der Waals surface area (Å²) in [5.41, 5.74) is 3.76. The maximum atomic E-state index is 11.9. The molecule has 1 aliphatic rings. The van der Waals surface area contributed by atoms with E-state index in [1.54, 1.807) is 6.07 Å². The van der Waals surface area contributed by atoms with Crippen molar-refractivity contribution in [3.63, 3.8) is 0 Å². The summed E-state index contributed by atoms with van der Waals surface area (Å²) in [7, 11) is 0. The molecule has 2 nitrogen and oxygen atoms in total. The molecule has 0 radical (unpaired) electrons. The molecule has 92 valence electrons. The normalized spacial score (nSPS) is 17.8. The summed E-state index contributed by atoms with van der Waals surface area (Å²) in [6.45, 7) is 0. The number of alkyl halides is 1. The summed E-state index contributed by atoms with van der Waals surface area (Å²) < 4.78 is 0.872. The topological polar surface area (TPSA) is 26.9 Å². The fraction of sp³-hybridized carbons (Fsp3) is 0.214. The third kappa shape index (κ3) is 1.86. The van der Waals surface area contributed by atoms with E-state index in [4.69, 9.17) is 23.2 Å². The lowest BCUT2D eigenvalue weighted by molar-refractivity contribution is -0.614. The lowest BCUT2D eigenvalue weighted by Crippen LogP contribution is -2.33. The first-order valence-electron chi connectivity index (χ1n) is 5.80. The molecule has 0 saturated heterocycles. The number of aryl methyl sites for hydroxylation is 2. The summed E-state index contributed by atoms with van der Waals surface area (Å²) in [5, 5.41) is 12.2. The molecule has 0 bridgehead atoms. The minimum Gasteiger partial charge on any atom is -0.618 e. The highest BCUT2D eigenvalue weighted by Crippen LogP contribution is 2.36. The number of rotatable bonds is 0. The Bertz CT molecular complexity index is 613. The van der Waals surface area contributed by atoms with Crippen molar-refractivity contribution in [1.82, 2.24) is 0 Å². The summed E-state index contributed by atoms with van der Waals surface area (Å²) in [4.78, 5) is 0. The Morgan fingerprint density at radius 3 is 2.78 bits per heavy atom. The molecule has 4 heteroatoms. The number of halogens is 2. The van der Waals surface area contributed by atoms with Crippen LogP contribution in [0.4, 0.5) is 0 Å². The molecule has 0 saturated carbocycles. The Morgan fingerprint density at radius 2 is 1.94 bits per heavy atom. The van der Waals surface area contributed by atoms with Crippen LogP contribution in [0.15, 0.2) is 36.5 Å². The zero-order valence-corrected chi connectivity index (χ0v) is 11.1. The summed E-state index contributed by atoms with van der Waals surface area (Å²) in [6.07, 6.45) is 3.17. The molecule has 0 fully saturated rings. The Balaban J connectivity index is 2.20. The van der Waals surface area contributed by atoms with E-state index in [1.807, 2.05) is 24.3 Å². The molecule has 3 rings (SSSR count). The van der Waals surface area contributed by atoms with Gasteiger partial charge in [-0.15, -0.1) is 11.6 Å². The highest BCUT2D eigenvalue weighted by atomic mass is 35.5. The van der Waals surface area contributed by atoms with Crippen LogP contribution in [0.3, 0.4) is 0 Å². The molecular formula is C14H11Cl2NO. The van der Waals surface area contributed by atoms with Crippen LogP contribution in [-0.2, 0) is 12.8 Å². The number of fused-ring (bicyclic) bond motifs is 2. The molecule has 0 N–H and O–H groups in total. The van der Waals surface area contributed by atoms with Crippen LogP contribution in [0, 0.1) is 5.21 Å². The standard InChI is InChI=1S/C14H11Cl2NO/c15-11-5-6-12-10(8-11)4-3-9-2-1-7-17(18)14(9)13(12)16/h1-2,5-8,13H,3-4H2. The van der Waals surface area contributed by atoms with Gasteiger partial charge in [0.15, 0.2) is 6.20 Å². The molecule has 1 aromatic carbocycles. The number of aromatic nitrogens is 1. The summed E-state index contributed by atoms with van der Waals surface area (Å²) in [5.74, 6) is 0. The van der Waals surface area contributed by atoms with E-state index in [-0.39, 0.29) is 0 Å². The molecule has 1 unspecified atom stereocenters. The van der Waals surface area contributed by atoms with Crippen molar-refractivity contribution >= 4 is 23.2 Å². The van der Waals surface area contributed by atoms with Gasteiger partial charge in [0.25, 0.3) is 0 Å². The predicted octanol–water partition coefficient (Wildman–Crippen LogP) is 3.40. The second kappa shape index (κ2) is 4.45. The van der Waals surface area contributed by atoms with Crippen LogP contribution in [0.5, 0.6) is 0 Å². The molecule has 0 spiro atoms. The molecule has 0 aliphatic heterocycles. The fourth-order valence-electron chi connectivity index (χ4n) is 2.49. The maximum absolute atomic E-state index is 11.9. The molecule has 2 aromatic rings. The van der Waals surface area contributed by atoms with Gasteiger partial charge in [0.1, 0.15) is 5.38 Å². The first kappa shape index (κ1) is 11.8. The van der Waals surface area contributed by atoms with Gasteiger partial charge < -0.3 is 5.21 Å². The van der Waals surface area contributed by atoms with Gasteiger partial charge in [0.05, 0.1) is 0 Å². The van der Waals surface area contributed by atoms with Crippen molar-refractivity contribution in [3.05, 3.63) is 69.1 Å². The summed E-state index contributed by atoms with van der Waals surface area (Å²) >= 11 is 12.5. The van der Waals surface area contributed by atoms with Crippen LogP contribution in [-0.4, -0.2) is 0 Å². The smallest absolute Gasteiger partial charge is 0.218 e. The minimum absolute atomic E-state index is 0.409. The van der Waals surface area contributed by atoms with Gasteiger partial charge in [-0.2, -0.15) is 4.73 Å². The number of nitrogens with zero attached hydrogens (tertiary/aromatic N) is 1. The SMILES string of the molecule is [O-][n+]1cccc2c1C(Cl)c1ccc(Cl)cc1CC2. The highest BCUT2D eigenvalue weighted by Gasteiger charge is 2.28. The van der Waals surface area contributed by atoms with Crippen LogP contribution in [0.25, 0.3) is 0 Å². The van der Waals surface area contributed by atoms with Crippen molar-refractivity contribution in [2.45, 2.75) is 18.2 Å². The van der Waals surface area contributed by atoms with Crippen LogP contribution in [0.1, 0.15) is 27.8 Å². The lowest BCUT2D eigenvalue weighted by Gasteiger charge is -2.12. The molecule has 0 amide bonds. The zero-order valence-electron chi connectivity index (χ0n) is 9.57. The molecule has 1 aromatic heterocycles. The van der Waals surface area contributed by atoms with E-state index in [2.05, 4.69) is 0 Å². The van der Waals surface area contributed by atoms with Crippen molar-refractivity contribution < 1.29 is 4.73 Å². The van der Waals surface area contributed by atoms with Crippen molar-refractivity contribution in [3.8, 4) is 0 Å². The Kier molecular flexibility index (Phi) is 2.92. The van der Waals surface area contributed by atoms with E-state index in [0.29, 0.717) is 10.7 Å². The Labute approximate surface area is 115 Å².